The Morgan fingerprint density at radius 2 is 1.88 bits per heavy atom. The Morgan fingerprint density at radius 3 is 2.64 bits per heavy atom. The molecule has 3 rings (SSSR count). The van der Waals surface area contributed by atoms with Crippen LogP contribution >= 0.6 is 0 Å². The van der Waals surface area contributed by atoms with Crippen LogP contribution < -0.4 is 10.6 Å². The Hall–Kier alpha value is -3.08. The topological polar surface area (TPSA) is 54.2 Å². The maximum absolute atomic E-state index is 4.44. The molecular formula is C20H23N5. The summed E-state index contributed by atoms with van der Waals surface area (Å²) in [7, 11) is 1.76. The highest BCUT2D eigenvalue weighted by molar-refractivity contribution is 5.79. The summed E-state index contributed by atoms with van der Waals surface area (Å²) in [5.74, 6) is 0.772. The first kappa shape index (κ1) is 16.8. The van der Waals surface area contributed by atoms with E-state index in [0.717, 1.165) is 30.1 Å². The number of para-hydroxylation sites is 2. The summed E-state index contributed by atoms with van der Waals surface area (Å²) in [6.45, 7) is 5.93. The largest absolute Gasteiger partial charge is 0.353 e. The highest BCUT2D eigenvalue weighted by Gasteiger charge is 2.03. The van der Waals surface area contributed by atoms with Crippen LogP contribution in [0, 0.1) is 0 Å². The van der Waals surface area contributed by atoms with Crippen molar-refractivity contribution in [3.63, 3.8) is 0 Å². The maximum Gasteiger partial charge on any atom is 0.191 e. The molecule has 2 N–H and O–H groups in total. The number of hydrogen-bond acceptors (Lipinski definition) is 2. The van der Waals surface area contributed by atoms with Gasteiger partial charge in [-0.1, -0.05) is 42.5 Å². The monoisotopic (exact) mass is 333 g/mol. The highest BCUT2D eigenvalue weighted by Crippen LogP contribution is 2.14. The predicted octanol–water partition coefficient (Wildman–Crippen LogP) is 2.94. The van der Waals surface area contributed by atoms with E-state index in [1.807, 2.05) is 30.6 Å². The molecule has 0 unspecified atom stereocenters. The average molecular weight is 333 g/mol. The van der Waals surface area contributed by atoms with Crippen LogP contribution in [0.1, 0.15) is 11.1 Å². The molecule has 0 saturated heterocycles. The molecule has 5 nitrogen and oxygen atoms in total. The zero-order valence-corrected chi connectivity index (χ0v) is 14.4. The normalized spacial score (nSPS) is 11.5. The van der Waals surface area contributed by atoms with E-state index in [1.165, 1.54) is 11.1 Å². The van der Waals surface area contributed by atoms with Crippen molar-refractivity contribution in [2.45, 2.75) is 13.1 Å². The van der Waals surface area contributed by atoms with Crippen molar-refractivity contribution in [3.8, 4) is 0 Å². The van der Waals surface area contributed by atoms with Gasteiger partial charge in [0.2, 0.25) is 0 Å². The summed E-state index contributed by atoms with van der Waals surface area (Å²) in [5.41, 5.74) is 4.65. The van der Waals surface area contributed by atoms with Gasteiger partial charge in [-0.15, -0.1) is 6.58 Å². The lowest BCUT2D eigenvalue weighted by Gasteiger charge is -2.11. The van der Waals surface area contributed by atoms with Gasteiger partial charge in [0.05, 0.1) is 17.4 Å². The van der Waals surface area contributed by atoms with Gasteiger partial charge in [-0.25, -0.2) is 4.98 Å². The van der Waals surface area contributed by atoms with Crippen molar-refractivity contribution in [1.29, 1.82) is 0 Å². The van der Waals surface area contributed by atoms with Gasteiger partial charge in [-0.3, -0.25) is 4.99 Å². The third-order valence-corrected chi connectivity index (χ3v) is 4.00. The van der Waals surface area contributed by atoms with Gasteiger partial charge >= 0.3 is 0 Å². The van der Waals surface area contributed by atoms with E-state index in [1.54, 1.807) is 7.05 Å². The number of nitrogens with one attached hydrogen (secondary N) is 2. The average Bonchev–Trinajstić information content (AvgIpc) is 3.06. The zero-order valence-electron chi connectivity index (χ0n) is 14.4. The number of aromatic nitrogens is 2. The van der Waals surface area contributed by atoms with Crippen molar-refractivity contribution in [2.24, 2.45) is 4.99 Å². The quantitative estimate of drug-likeness (QED) is 0.414. The molecule has 0 bridgehead atoms. The Balaban J connectivity index is 1.61. The lowest BCUT2D eigenvalue weighted by Crippen LogP contribution is -2.36. The van der Waals surface area contributed by atoms with Gasteiger partial charge in [-0.05, 0) is 23.3 Å². The SMILES string of the molecule is C=CCNC(=NC)NCc1ccc(Cn2cnc3ccccc32)cc1. The van der Waals surface area contributed by atoms with Crippen molar-refractivity contribution in [3.05, 3.63) is 78.6 Å². The highest BCUT2D eigenvalue weighted by atomic mass is 15.2. The first-order valence-electron chi connectivity index (χ1n) is 8.33. The molecule has 3 aromatic rings. The molecule has 128 valence electrons. The third kappa shape index (κ3) is 4.26. The Kier molecular flexibility index (Phi) is 5.46. The van der Waals surface area contributed by atoms with E-state index in [-0.39, 0.29) is 0 Å². The fourth-order valence-corrected chi connectivity index (χ4v) is 2.67. The Bertz CT molecular complexity index is 861. The second-order valence-corrected chi connectivity index (χ2v) is 5.77. The van der Waals surface area contributed by atoms with E-state index in [4.69, 9.17) is 0 Å². The Labute approximate surface area is 148 Å². The number of imidazole rings is 1. The van der Waals surface area contributed by atoms with Gasteiger partial charge in [0, 0.05) is 26.7 Å². The van der Waals surface area contributed by atoms with Crippen LogP contribution in [0.5, 0.6) is 0 Å². The minimum absolute atomic E-state index is 0.692. The number of benzene rings is 2. The van der Waals surface area contributed by atoms with Gasteiger partial charge < -0.3 is 15.2 Å². The second-order valence-electron chi connectivity index (χ2n) is 5.77. The molecule has 0 aliphatic rings. The molecule has 1 aromatic heterocycles. The third-order valence-electron chi connectivity index (χ3n) is 4.00. The van der Waals surface area contributed by atoms with E-state index in [2.05, 4.69) is 62.1 Å². The second kappa shape index (κ2) is 8.15. The summed E-state index contributed by atoms with van der Waals surface area (Å²) in [5, 5.41) is 6.44. The molecule has 0 atom stereocenters. The fraction of sp³-hybridized carbons (Fsp3) is 0.200. The van der Waals surface area contributed by atoms with Crippen LogP contribution in [0.25, 0.3) is 11.0 Å². The van der Waals surface area contributed by atoms with Gasteiger partial charge in [0.15, 0.2) is 5.96 Å². The molecule has 0 aliphatic heterocycles. The number of nitrogens with zero attached hydrogens (tertiary/aromatic N) is 3. The molecule has 1 heterocycles. The lowest BCUT2D eigenvalue weighted by molar-refractivity contribution is 0.819. The van der Waals surface area contributed by atoms with Crippen molar-refractivity contribution in [2.75, 3.05) is 13.6 Å². The molecule has 0 amide bonds. The molecule has 2 aromatic carbocycles. The minimum atomic E-state index is 0.692. The summed E-state index contributed by atoms with van der Waals surface area (Å²) in [4.78, 5) is 8.61. The molecule has 0 spiro atoms. The first-order chi connectivity index (χ1) is 12.3. The number of guanidine groups is 1. The minimum Gasteiger partial charge on any atom is -0.353 e. The van der Waals surface area contributed by atoms with E-state index < -0.39 is 0 Å². The number of hydrogen-bond donors (Lipinski definition) is 2. The van der Waals surface area contributed by atoms with Gasteiger partial charge in [0.25, 0.3) is 0 Å². The number of rotatable bonds is 6. The van der Waals surface area contributed by atoms with Gasteiger partial charge in [0.1, 0.15) is 0 Å². The van der Waals surface area contributed by atoms with E-state index in [9.17, 15) is 0 Å². The molecule has 0 saturated carbocycles. The van der Waals surface area contributed by atoms with Crippen LogP contribution in [0.2, 0.25) is 0 Å². The number of fused-ring (bicyclic) bond motifs is 1. The predicted molar refractivity (Wildman–Crippen MR) is 104 cm³/mol. The summed E-state index contributed by atoms with van der Waals surface area (Å²) in [6.07, 6.45) is 3.71. The van der Waals surface area contributed by atoms with Crippen LogP contribution in [-0.4, -0.2) is 29.1 Å². The smallest absolute Gasteiger partial charge is 0.191 e. The molecular weight excluding hydrogens is 310 g/mol. The summed E-state index contributed by atoms with van der Waals surface area (Å²) < 4.78 is 2.17. The van der Waals surface area contributed by atoms with E-state index >= 15 is 0 Å². The molecule has 0 fully saturated rings. The summed E-state index contributed by atoms with van der Waals surface area (Å²) in [6, 6.07) is 16.8. The standard InChI is InChI=1S/C20H23N5/c1-3-12-22-20(21-2)23-13-16-8-10-17(11-9-16)14-25-15-24-18-6-4-5-7-19(18)25/h3-11,15H,1,12-14H2,2H3,(H2,21,22,23). The zero-order chi connectivity index (χ0) is 17.5. The summed E-state index contributed by atoms with van der Waals surface area (Å²) >= 11 is 0. The molecule has 5 heteroatoms. The first-order valence-corrected chi connectivity index (χ1v) is 8.33. The van der Waals surface area contributed by atoms with E-state index in [0.29, 0.717) is 6.54 Å². The van der Waals surface area contributed by atoms with Crippen molar-refractivity contribution >= 4 is 17.0 Å². The molecule has 0 aliphatic carbocycles. The van der Waals surface area contributed by atoms with Crippen LogP contribution in [0.15, 0.2) is 72.5 Å². The van der Waals surface area contributed by atoms with Crippen LogP contribution in [0.4, 0.5) is 0 Å². The number of aliphatic imine (C=N–C) groups is 1. The maximum atomic E-state index is 4.44. The van der Waals surface area contributed by atoms with Crippen LogP contribution in [0.3, 0.4) is 0 Å². The lowest BCUT2D eigenvalue weighted by atomic mass is 10.1. The molecule has 25 heavy (non-hydrogen) atoms. The van der Waals surface area contributed by atoms with Gasteiger partial charge in [-0.2, -0.15) is 0 Å². The fourth-order valence-electron chi connectivity index (χ4n) is 2.67. The van der Waals surface area contributed by atoms with Crippen molar-refractivity contribution in [1.82, 2.24) is 20.2 Å². The van der Waals surface area contributed by atoms with Crippen molar-refractivity contribution < 1.29 is 0 Å². The molecule has 0 radical (unpaired) electrons. The van der Waals surface area contributed by atoms with Crippen LogP contribution in [-0.2, 0) is 13.1 Å². The Morgan fingerprint density at radius 1 is 1.12 bits per heavy atom.